The SMILES string of the molecule is CCCCCCCCCCCCNC(C)OCCO. The van der Waals surface area contributed by atoms with Gasteiger partial charge in [-0.25, -0.2) is 0 Å². The van der Waals surface area contributed by atoms with Crippen molar-refractivity contribution < 1.29 is 9.84 Å². The number of ether oxygens (including phenoxy) is 1. The maximum atomic E-state index is 8.62. The Kier molecular flexibility index (Phi) is 15.8. The Hall–Kier alpha value is -0.120. The van der Waals surface area contributed by atoms with E-state index in [9.17, 15) is 0 Å². The number of hydrogen-bond acceptors (Lipinski definition) is 3. The number of hydrogen-bond donors (Lipinski definition) is 2. The lowest BCUT2D eigenvalue weighted by molar-refractivity contribution is 0.0203. The molecule has 2 N–H and O–H groups in total. The van der Waals surface area contributed by atoms with Crippen LogP contribution < -0.4 is 5.32 Å². The van der Waals surface area contributed by atoms with Crippen LogP contribution in [-0.4, -0.2) is 31.1 Å². The summed E-state index contributed by atoms with van der Waals surface area (Å²) in [5.74, 6) is 0. The first-order valence-corrected chi connectivity index (χ1v) is 8.27. The second kappa shape index (κ2) is 15.9. The van der Waals surface area contributed by atoms with Crippen molar-refractivity contribution in [2.75, 3.05) is 19.8 Å². The fourth-order valence-electron chi connectivity index (χ4n) is 2.21. The summed E-state index contributed by atoms with van der Waals surface area (Å²) >= 11 is 0. The molecule has 3 heteroatoms. The molecule has 0 aromatic carbocycles. The molecule has 0 aromatic rings. The van der Waals surface area contributed by atoms with Gasteiger partial charge in [0, 0.05) is 0 Å². The van der Waals surface area contributed by atoms with Crippen LogP contribution in [0.4, 0.5) is 0 Å². The molecule has 0 aromatic heterocycles. The normalized spacial score (nSPS) is 12.8. The quantitative estimate of drug-likeness (QED) is 0.352. The highest BCUT2D eigenvalue weighted by atomic mass is 16.5. The van der Waals surface area contributed by atoms with Gasteiger partial charge in [-0.05, 0) is 19.9 Å². The molecule has 1 unspecified atom stereocenters. The molecule has 0 aliphatic carbocycles. The first kappa shape index (κ1) is 18.9. The minimum absolute atomic E-state index is 0.0608. The van der Waals surface area contributed by atoms with Crippen molar-refractivity contribution in [2.45, 2.75) is 84.3 Å². The van der Waals surface area contributed by atoms with Crippen LogP contribution in [0.3, 0.4) is 0 Å². The molecule has 0 saturated carbocycles. The van der Waals surface area contributed by atoms with Crippen molar-refractivity contribution in [3.8, 4) is 0 Å². The van der Waals surface area contributed by atoms with E-state index in [1.54, 1.807) is 0 Å². The summed E-state index contributed by atoms with van der Waals surface area (Å²) in [6.07, 6.45) is 13.8. The Morgan fingerprint density at radius 1 is 0.895 bits per heavy atom. The van der Waals surface area contributed by atoms with Crippen LogP contribution in [-0.2, 0) is 4.74 Å². The molecule has 0 aliphatic heterocycles. The summed E-state index contributed by atoms with van der Waals surface area (Å²) in [6, 6.07) is 0. The summed E-state index contributed by atoms with van der Waals surface area (Å²) in [5, 5.41) is 11.9. The third-order valence-electron chi connectivity index (χ3n) is 3.42. The zero-order valence-corrected chi connectivity index (χ0v) is 13.1. The molecule has 0 amide bonds. The summed E-state index contributed by atoms with van der Waals surface area (Å²) in [4.78, 5) is 0. The molecule has 0 spiro atoms. The molecular formula is C16H35NO2. The van der Waals surface area contributed by atoms with E-state index < -0.39 is 0 Å². The molecule has 3 nitrogen and oxygen atoms in total. The lowest BCUT2D eigenvalue weighted by Gasteiger charge is -2.13. The summed E-state index contributed by atoms with van der Waals surface area (Å²) in [5.41, 5.74) is 0. The summed E-state index contributed by atoms with van der Waals surface area (Å²) < 4.78 is 5.32. The molecule has 19 heavy (non-hydrogen) atoms. The van der Waals surface area contributed by atoms with Crippen LogP contribution in [0.5, 0.6) is 0 Å². The Bertz CT molecular complexity index is 165. The average molecular weight is 273 g/mol. The van der Waals surface area contributed by atoms with E-state index in [1.807, 2.05) is 6.92 Å². The highest BCUT2D eigenvalue weighted by Crippen LogP contribution is 2.10. The summed E-state index contributed by atoms with van der Waals surface area (Å²) in [6.45, 7) is 5.80. The zero-order chi connectivity index (χ0) is 14.2. The van der Waals surface area contributed by atoms with E-state index in [1.165, 1.54) is 64.2 Å². The Morgan fingerprint density at radius 2 is 1.42 bits per heavy atom. The van der Waals surface area contributed by atoms with Crippen molar-refractivity contribution in [1.29, 1.82) is 0 Å². The third-order valence-corrected chi connectivity index (χ3v) is 3.42. The lowest BCUT2D eigenvalue weighted by Crippen LogP contribution is -2.30. The van der Waals surface area contributed by atoms with Gasteiger partial charge in [0.15, 0.2) is 0 Å². The van der Waals surface area contributed by atoms with Crippen LogP contribution in [0.25, 0.3) is 0 Å². The van der Waals surface area contributed by atoms with Crippen LogP contribution in [0, 0.1) is 0 Å². The smallest absolute Gasteiger partial charge is 0.105 e. The van der Waals surface area contributed by atoms with Gasteiger partial charge in [0.1, 0.15) is 6.23 Å². The monoisotopic (exact) mass is 273 g/mol. The van der Waals surface area contributed by atoms with Crippen LogP contribution >= 0.6 is 0 Å². The third kappa shape index (κ3) is 15.8. The number of aliphatic hydroxyl groups excluding tert-OH is 1. The van der Waals surface area contributed by atoms with Crippen molar-refractivity contribution >= 4 is 0 Å². The van der Waals surface area contributed by atoms with Crippen LogP contribution in [0.15, 0.2) is 0 Å². The molecule has 0 bridgehead atoms. The maximum absolute atomic E-state index is 8.62. The predicted octanol–water partition coefficient (Wildman–Crippen LogP) is 3.85. The Balaban J connectivity index is 3.02. The zero-order valence-electron chi connectivity index (χ0n) is 13.1. The highest BCUT2D eigenvalue weighted by Gasteiger charge is 1.99. The molecule has 116 valence electrons. The largest absolute Gasteiger partial charge is 0.394 e. The minimum atomic E-state index is 0.0608. The second-order valence-corrected chi connectivity index (χ2v) is 5.37. The Labute approximate surface area is 120 Å². The maximum Gasteiger partial charge on any atom is 0.105 e. The minimum Gasteiger partial charge on any atom is -0.394 e. The van der Waals surface area contributed by atoms with E-state index in [0.717, 1.165) is 6.54 Å². The number of aliphatic hydroxyl groups is 1. The predicted molar refractivity (Wildman–Crippen MR) is 82.3 cm³/mol. The van der Waals surface area contributed by atoms with Gasteiger partial charge in [-0.15, -0.1) is 0 Å². The molecular weight excluding hydrogens is 238 g/mol. The molecule has 0 fully saturated rings. The number of rotatable bonds is 15. The number of nitrogens with one attached hydrogen (secondary N) is 1. The van der Waals surface area contributed by atoms with Gasteiger partial charge in [0.25, 0.3) is 0 Å². The molecule has 0 aliphatic rings. The van der Waals surface area contributed by atoms with E-state index >= 15 is 0 Å². The van der Waals surface area contributed by atoms with Gasteiger partial charge in [-0.2, -0.15) is 0 Å². The molecule has 0 heterocycles. The topological polar surface area (TPSA) is 41.5 Å². The molecule has 0 saturated heterocycles. The van der Waals surface area contributed by atoms with Gasteiger partial charge in [0.05, 0.1) is 13.2 Å². The highest BCUT2D eigenvalue weighted by molar-refractivity contribution is 4.52. The van der Waals surface area contributed by atoms with Crippen LogP contribution in [0.2, 0.25) is 0 Å². The first-order chi connectivity index (χ1) is 9.31. The van der Waals surface area contributed by atoms with Crippen molar-refractivity contribution in [3.05, 3.63) is 0 Å². The molecule has 0 rings (SSSR count). The summed E-state index contributed by atoms with van der Waals surface area (Å²) in [7, 11) is 0. The van der Waals surface area contributed by atoms with Crippen molar-refractivity contribution in [2.24, 2.45) is 0 Å². The van der Waals surface area contributed by atoms with E-state index in [4.69, 9.17) is 9.84 Å². The second-order valence-electron chi connectivity index (χ2n) is 5.37. The Morgan fingerprint density at radius 3 is 1.95 bits per heavy atom. The first-order valence-electron chi connectivity index (χ1n) is 8.27. The van der Waals surface area contributed by atoms with Gasteiger partial charge in [-0.3, -0.25) is 5.32 Å². The van der Waals surface area contributed by atoms with Crippen molar-refractivity contribution in [1.82, 2.24) is 5.32 Å². The lowest BCUT2D eigenvalue weighted by atomic mass is 10.1. The fraction of sp³-hybridized carbons (Fsp3) is 1.00. The number of unbranched alkanes of at least 4 members (excludes halogenated alkanes) is 9. The van der Waals surface area contributed by atoms with E-state index in [0.29, 0.717) is 6.61 Å². The van der Waals surface area contributed by atoms with E-state index in [2.05, 4.69) is 12.2 Å². The molecule has 1 atom stereocenters. The van der Waals surface area contributed by atoms with Gasteiger partial charge in [-0.1, -0.05) is 64.7 Å². The molecule has 0 radical (unpaired) electrons. The van der Waals surface area contributed by atoms with Gasteiger partial charge in [0.2, 0.25) is 0 Å². The van der Waals surface area contributed by atoms with Crippen LogP contribution in [0.1, 0.15) is 78.1 Å². The van der Waals surface area contributed by atoms with Gasteiger partial charge < -0.3 is 9.84 Å². The average Bonchev–Trinajstić information content (AvgIpc) is 2.42. The van der Waals surface area contributed by atoms with Crippen molar-refractivity contribution in [3.63, 3.8) is 0 Å². The fourth-order valence-corrected chi connectivity index (χ4v) is 2.21. The standard InChI is InChI=1S/C16H35NO2/c1-3-4-5-6-7-8-9-10-11-12-13-17-16(2)19-15-14-18/h16-18H,3-15H2,1-2H3. The van der Waals surface area contributed by atoms with E-state index in [-0.39, 0.29) is 12.8 Å². The van der Waals surface area contributed by atoms with Gasteiger partial charge >= 0.3 is 0 Å².